The van der Waals surface area contributed by atoms with Crippen LogP contribution in [0.3, 0.4) is 0 Å². The predicted octanol–water partition coefficient (Wildman–Crippen LogP) is 5.27. The van der Waals surface area contributed by atoms with E-state index < -0.39 is 6.10 Å². The van der Waals surface area contributed by atoms with E-state index >= 15 is 0 Å². The smallest absolute Gasteiger partial charge is 0.276 e. The predicted molar refractivity (Wildman–Crippen MR) is 127 cm³/mol. The highest BCUT2D eigenvalue weighted by atomic mass is 35.5. The van der Waals surface area contributed by atoms with Gasteiger partial charge in [-0.05, 0) is 49.1 Å². The van der Waals surface area contributed by atoms with Gasteiger partial charge in [-0.25, -0.2) is 4.98 Å². The average molecular weight is 507 g/mol. The third kappa shape index (κ3) is 4.48. The number of hydrogen-bond acceptors (Lipinski definition) is 7. The highest BCUT2D eigenvalue weighted by Gasteiger charge is 2.33. The van der Waals surface area contributed by atoms with Crippen LogP contribution in [-0.4, -0.2) is 42.5 Å². The fraction of sp³-hybridized carbons (Fsp3) is 0.304. The lowest BCUT2D eigenvalue weighted by molar-refractivity contribution is 0.0880. The Kier molecular flexibility index (Phi) is 6.09. The zero-order valence-electron chi connectivity index (χ0n) is 17.6. The normalized spacial score (nSPS) is 16.2. The molecule has 2 heterocycles. The maximum Gasteiger partial charge on any atom is 0.276 e. The fourth-order valence-corrected chi connectivity index (χ4v) is 5.10. The van der Waals surface area contributed by atoms with Crippen molar-refractivity contribution in [3.63, 3.8) is 0 Å². The van der Waals surface area contributed by atoms with E-state index in [-0.39, 0.29) is 25.1 Å². The first kappa shape index (κ1) is 22.3. The van der Waals surface area contributed by atoms with Gasteiger partial charge in [-0.15, -0.1) is 11.3 Å². The van der Waals surface area contributed by atoms with E-state index in [4.69, 9.17) is 37.4 Å². The molecule has 2 aliphatic rings. The third-order valence-electron chi connectivity index (χ3n) is 5.56. The fourth-order valence-electron chi connectivity index (χ4n) is 3.55. The number of carbonyl (C=O) groups excluding carboxylic acids is 1. The molecule has 2 aromatic carbocycles. The number of rotatable bonds is 7. The Morgan fingerprint density at radius 2 is 2.06 bits per heavy atom. The molecule has 0 bridgehead atoms. The van der Waals surface area contributed by atoms with Gasteiger partial charge in [-0.2, -0.15) is 0 Å². The lowest BCUT2D eigenvalue weighted by Crippen LogP contribution is -2.38. The first-order valence-corrected chi connectivity index (χ1v) is 11.9. The second kappa shape index (κ2) is 9.02. The van der Waals surface area contributed by atoms with E-state index in [0.29, 0.717) is 48.6 Å². The summed E-state index contributed by atoms with van der Waals surface area (Å²) in [6, 6.07) is 10.3. The Morgan fingerprint density at radius 3 is 2.79 bits per heavy atom. The number of hydrogen-bond donors (Lipinski definition) is 1. The molecule has 172 valence electrons. The van der Waals surface area contributed by atoms with Gasteiger partial charge in [-0.1, -0.05) is 23.2 Å². The van der Waals surface area contributed by atoms with Crippen molar-refractivity contribution in [2.24, 2.45) is 5.92 Å². The van der Waals surface area contributed by atoms with Crippen molar-refractivity contribution in [3.05, 3.63) is 51.3 Å². The van der Waals surface area contributed by atoms with Crippen LogP contribution >= 0.6 is 34.5 Å². The van der Waals surface area contributed by atoms with Crippen molar-refractivity contribution >= 4 is 46.1 Å². The molecule has 7 nitrogen and oxygen atoms in total. The molecule has 1 aromatic heterocycles. The molecule has 10 heteroatoms. The number of fused-ring (bicyclic) bond motifs is 1. The van der Waals surface area contributed by atoms with E-state index in [9.17, 15) is 9.90 Å². The summed E-state index contributed by atoms with van der Waals surface area (Å²) >= 11 is 13.5. The van der Waals surface area contributed by atoms with Crippen LogP contribution in [0.5, 0.6) is 17.4 Å². The summed E-state index contributed by atoms with van der Waals surface area (Å²) in [6.07, 6.45) is 1.58. The van der Waals surface area contributed by atoms with Crippen LogP contribution in [0.2, 0.25) is 10.0 Å². The van der Waals surface area contributed by atoms with Crippen molar-refractivity contribution in [2.75, 3.05) is 25.3 Å². The Balaban J connectivity index is 1.37. The lowest BCUT2D eigenvalue weighted by atomic mass is 10.2. The number of methoxy groups -OCH3 is 1. The van der Waals surface area contributed by atoms with Gasteiger partial charge in [-0.3, -0.25) is 9.69 Å². The van der Waals surface area contributed by atoms with Crippen molar-refractivity contribution in [1.29, 1.82) is 0 Å². The topological polar surface area (TPSA) is 81.1 Å². The van der Waals surface area contributed by atoms with Crippen LogP contribution in [0.1, 0.15) is 22.5 Å². The summed E-state index contributed by atoms with van der Waals surface area (Å²) in [5, 5.41) is 11.6. The molecular weight excluding hydrogens is 487 g/mol. The highest BCUT2D eigenvalue weighted by Crippen LogP contribution is 2.41. The molecule has 1 amide bonds. The number of aliphatic hydroxyl groups excluding tert-OH is 1. The summed E-state index contributed by atoms with van der Waals surface area (Å²) in [5.41, 5.74) is 1.28. The average Bonchev–Trinajstić information content (AvgIpc) is 3.57. The number of aliphatic hydroxyl groups is 1. The van der Waals surface area contributed by atoms with Gasteiger partial charge in [0.25, 0.3) is 5.91 Å². The first-order valence-electron chi connectivity index (χ1n) is 10.3. The number of ether oxygens (including phenoxy) is 3. The van der Waals surface area contributed by atoms with Crippen molar-refractivity contribution in [3.8, 4) is 28.0 Å². The molecule has 1 aliphatic carbocycles. The number of halogens is 2. The number of aromatic nitrogens is 1. The Hall–Kier alpha value is -2.52. The molecular formula is C23H20Cl2N2O5S. The van der Waals surface area contributed by atoms with Gasteiger partial charge < -0.3 is 19.3 Å². The SMILES string of the molecule is COc1cc(N2COc3nc(-c4ccc(Cl)cc4Cl)sc3C2=O)ccc1OC[C@H](O)C1CC1. The Bertz CT molecular complexity index is 1210. The number of anilines is 1. The molecule has 5 rings (SSSR count). The molecule has 0 unspecified atom stereocenters. The van der Waals surface area contributed by atoms with E-state index in [0.717, 1.165) is 12.8 Å². The number of thiazole rings is 1. The van der Waals surface area contributed by atoms with Crippen molar-refractivity contribution in [1.82, 2.24) is 4.98 Å². The summed E-state index contributed by atoms with van der Waals surface area (Å²) in [7, 11) is 1.53. The van der Waals surface area contributed by atoms with Crippen molar-refractivity contribution in [2.45, 2.75) is 18.9 Å². The highest BCUT2D eigenvalue weighted by molar-refractivity contribution is 7.17. The van der Waals surface area contributed by atoms with Crippen LogP contribution in [0, 0.1) is 5.92 Å². The van der Waals surface area contributed by atoms with Gasteiger partial charge in [0.05, 0.1) is 23.9 Å². The zero-order chi connectivity index (χ0) is 23.1. The van der Waals surface area contributed by atoms with E-state index in [1.54, 1.807) is 36.4 Å². The van der Waals surface area contributed by atoms with E-state index in [1.165, 1.54) is 23.3 Å². The van der Waals surface area contributed by atoms with Gasteiger partial charge in [0.15, 0.2) is 23.1 Å². The van der Waals surface area contributed by atoms with Gasteiger partial charge >= 0.3 is 0 Å². The first-order chi connectivity index (χ1) is 15.9. The van der Waals surface area contributed by atoms with Crippen LogP contribution in [0.15, 0.2) is 36.4 Å². The third-order valence-corrected chi connectivity index (χ3v) is 7.17. The summed E-state index contributed by atoms with van der Waals surface area (Å²) in [6.45, 7) is 0.208. The molecule has 33 heavy (non-hydrogen) atoms. The molecule has 1 fully saturated rings. The van der Waals surface area contributed by atoms with Crippen LogP contribution in [0.4, 0.5) is 5.69 Å². The number of amides is 1. The maximum atomic E-state index is 13.2. The molecule has 0 spiro atoms. The lowest BCUT2D eigenvalue weighted by Gasteiger charge is -2.26. The Labute approximate surface area is 204 Å². The van der Waals surface area contributed by atoms with Gasteiger partial charge in [0.1, 0.15) is 11.6 Å². The molecule has 1 atom stereocenters. The standard InChI is InChI=1S/C23H20Cl2N2O5S/c1-30-19-9-14(5-7-18(19)31-10-17(28)12-2-3-12)27-11-32-21-20(23(27)29)33-22(26-21)15-6-4-13(24)8-16(15)25/h4-9,12,17,28H,2-3,10-11H2,1H3/t17-/m0/s1. The van der Waals surface area contributed by atoms with Gasteiger partial charge in [0.2, 0.25) is 5.88 Å². The van der Waals surface area contributed by atoms with Crippen LogP contribution in [-0.2, 0) is 0 Å². The molecule has 1 aliphatic heterocycles. The Morgan fingerprint density at radius 1 is 1.24 bits per heavy atom. The number of carbonyl (C=O) groups is 1. The quantitative estimate of drug-likeness (QED) is 0.469. The molecule has 0 radical (unpaired) electrons. The molecule has 1 N–H and O–H groups in total. The largest absolute Gasteiger partial charge is 0.493 e. The minimum Gasteiger partial charge on any atom is -0.493 e. The number of nitrogens with zero attached hydrogens (tertiary/aromatic N) is 2. The summed E-state index contributed by atoms with van der Waals surface area (Å²) in [5.74, 6) is 1.34. The summed E-state index contributed by atoms with van der Waals surface area (Å²) < 4.78 is 17.0. The number of benzene rings is 2. The zero-order valence-corrected chi connectivity index (χ0v) is 19.9. The van der Waals surface area contributed by atoms with Crippen molar-refractivity contribution < 1.29 is 24.1 Å². The minimum absolute atomic E-state index is 0.00705. The summed E-state index contributed by atoms with van der Waals surface area (Å²) in [4.78, 5) is 19.6. The van der Waals surface area contributed by atoms with E-state index in [2.05, 4.69) is 4.98 Å². The van der Waals surface area contributed by atoms with Gasteiger partial charge in [0, 0.05) is 16.7 Å². The monoisotopic (exact) mass is 506 g/mol. The van der Waals surface area contributed by atoms with Crippen LogP contribution < -0.4 is 19.1 Å². The second-order valence-electron chi connectivity index (χ2n) is 7.84. The van der Waals surface area contributed by atoms with E-state index in [1.807, 2.05) is 0 Å². The maximum absolute atomic E-state index is 13.2. The second-order valence-corrected chi connectivity index (χ2v) is 9.68. The molecule has 0 saturated heterocycles. The minimum atomic E-state index is -0.487. The molecule has 3 aromatic rings. The van der Waals surface area contributed by atoms with Crippen LogP contribution in [0.25, 0.3) is 10.6 Å². The molecule has 1 saturated carbocycles.